The first-order valence-corrected chi connectivity index (χ1v) is 7.40. The van der Waals surface area contributed by atoms with Crippen molar-refractivity contribution in [2.45, 2.75) is 6.42 Å². The molecule has 0 saturated carbocycles. The number of carbonyl (C=O) groups is 1. The van der Waals surface area contributed by atoms with Crippen LogP contribution in [0.15, 0.2) is 24.3 Å². The van der Waals surface area contributed by atoms with E-state index in [9.17, 15) is 4.79 Å². The summed E-state index contributed by atoms with van der Waals surface area (Å²) in [5.41, 5.74) is 0.721. The number of rotatable bonds is 7. The molecule has 6 heteroatoms. The Morgan fingerprint density at radius 2 is 2.05 bits per heavy atom. The number of methoxy groups -OCH3 is 1. The smallest absolute Gasteiger partial charge is 0.253 e. The van der Waals surface area contributed by atoms with Crippen LogP contribution in [0, 0.1) is 5.92 Å². The van der Waals surface area contributed by atoms with Gasteiger partial charge in [-0.3, -0.25) is 4.79 Å². The highest BCUT2D eigenvalue weighted by Crippen LogP contribution is 2.19. The SMILES string of the molecule is CNCC1CCN(C(=O)c2ccc(OCCOC)cc2)C1.Cl. The van der Waals surface area contributed by atoms with Gasteiger partial charge >= 0.3 is 0 Å². The van der Waals surface area contributed by atoms with Crippen LogP contribution in [0.3, 0.4) is 0 Å². The third kappa shape index (κ3) is 5.16. The molecule has 0 radical (unpaired) electrons. The van der Waals surface area contributed by atoms with Crippen molar-refractivity contribution in [3.63, 3.8) is 0 Å². The van der Waals surface area contributed by atoms with Crippen molar-refractivity contribution >= 4 is 18.3 Å². The minimum Gasteiger partial charge on any atom is -0.491 e. The van der Waals surface area contributed by atoms with Gasteiger partial charge in [0.25, 0.3) is 5.91 Å². The number of nitrogens with zero attached hydrogens (tertiary/aromatic N) is 1. The number of likely N-dealkylation sites (tertiary alicyclic amines) is 1. The lowest BCUT2D eigenvalue weighted by Gasteiger charge is -2.17. The first kappa shape index (κ1) is 18.7. The number of amides is 1. The Bertz CT molecular complexity index is 453. The molecule has 1 aliphatic rings. The Labute approximate surface area is 138 Å². The number of carbonyl (C=O) groups excluding carboxylic acids is 1. The van der Waals surface area contributed by atoms with Gasteiger partial charge in [0.15, 0.2) is 0 Å². The number of nitrogens with one attached hydrogen (secondary N) is 1. The third-order valence-electron chi connectivity index (χ3n) is 3.72. The molecule has 1 fully saturated rings. The van der Waals surface area contributed by atoms with Crippen molar-refractivity contribution in [3.05, 3.63) is 29.8 Å². The van der Waals surface area contributed by atoms with Crippen LogP contribution in [0.25, 0.3) is 0 Å². The quantitative estimate of drug-likeness (QED) is 0.776. The molecule has 1 aromatic carbocycles. The summed E-state index contributed by atoms with van der Waals surface area (Å²) < 4.78 is 10.4. The van der Waals surface area contributed by atoms with Crippen molar-refractivity contribution in [3.8, 4) is 5.75 Å². The van der Waals surface area contributed by atoms with Gasteiger partial charge in [-0.2, -0.15) is 0 Å². The highest BCUT2D eigenvalue weighted by molar-refractivity contribution is 5.94. The lowest BCUT2D eigenvalue weighted by molar-refractivity contribution is 0.0787. The van der Waals surface area contributed by atoms with Gasteiger partial charge in [0.05, 0.1) is 6.61 Å². The summed E-state index contributed by atoms with van der Waals surface area (Å²) in [5, 5.41) is 3.18. The van der Waals surface area contributed by atoms with Crippen molar-refractivity contribution in [1.29, 1.82) is 0 Å². The minimum absolute atomic E-state index is 0. The number of benzene rings is 1. The summed E-state index contributed by atoms with van der Waals surface area (Å²) >= 11 is 0. The zero-order valence-corrected chi connectivity index (χ0v) is 14.0. The number of hydrogen-bond donors (Lipinski definition) is 1. The summed E-state index contributed by atoms with van der Waals surface area (Å²) in [5.74, 6) is 1.44. The third-order valence-corrected chi connectivity index (χ3v) is 3.72. The molecule has 0 spiro atoms. The molecule has 22 heavy (non-hydrogen) atoms. The molecule has 1 aromatic rings. The van der Waals surface area contributed by atoms with E-state index >= 15 is 0 Å². The maximum atomic E-state index is 12.4. The summed E-state index contributed by atoms with van der Waals surface area (Å²) in [4.78, 5) is 14.3. The minimum atomic E-state index is 0. The van der Waals surface area contributed by atoms with E-state index in [2.05, 4.69) is 5.32 Å². The van der Waals surface area contributed by atoms with Crippen LogP contribution >= 0.6 is 12.4 Å². The van der Waals surface area contributed by atoms with Gasteiger partial charge in [0, 0.05) is 25.8 Å². The van der Waals surface area contributed by atoms with Crippen LogP contribution in [-0.4, -0.2) is 57.8 Å². The fourth-order valence-electron chi connectivity index (χ4n) is 2.59. The molecule has 124 valence electrons. The van der Waals surface area contributed by atoms with E-state index in [4.69, 9.17) is 9.47 Å². The lowest BCUT2D eigenvalue weighted by atomic mass is 10.1. The molecule has 1 amide bonds. The largest absolute Gasteiger partial charge is 0.491 e. The molecule has 1 N–H and O–H groups in total. The van der Waals surface area contributed by atoms with E-state index in [1.807, 2.05) is 36.2 Å². The van der Waals surface area contributed by atoms with E-state index in [1.165, 1.54) is 0 Å². The summed E-state index contributed by atoms with van der Waals surface area (Å²) in [7, 11) is 3.59. The molecule has 0 aromatic heterocycles. The monoisotopic (exact) mass is 328 g/mol. The van der Waals surface area contributed by atoms with Gasteiger partial charge in [-0.15, -0.1) is 12.4 Å². The molecule has 1 unspecified atom stereocenters. The fraction of sp³-hybridized carbons (Fsp3) is 0.562. The zero-order valence-electron chi connectivity index (χ0n) is 13.2. The van der Waals surface area contributed by atoms with E-state index in [0.717, 1.165) is 37.4 Å². The second-order valence-electron chi connectivity index (χ2n) is 5.33. The molecule has 1 saturated heterocycles. The number of hydrogen-bond acceptors (Lipinski definition) is 4. The van der Waals surface area contributed by atoms with Crippen LogP contribution in [0.5, 0.6) is 5.75 Å². The van der Waals surface area contributed by atoms with Crippen LogP contribution in [0.2, 0.25) is 0 Å². The predicted octanol–water partition coefficient (Wildman–Crippen LogP) is 1.82. The van der Waals surface area contributed by atoms with E-state index in [0.29, 0.717) is 19.1 Å². The Balaban J connectivity index is 0.00000242. The molecule has 1 heterocycles. The Morgan fingerprint density at radius 1 is 1.32 bits per heavy atom. The maximum Gasteiger partial charge on any atom is 0.253 e. The van der Waals surface area contributed by atoms with Crippen molar-refractivity contribution in [2.24, 2.45) is 5.92 Å². The molecule has 5 nitrogen and oxygen atoms in total. The summed E-state index contributed by atoms with van der Waals surface area (Å²) in [6, 6.07) is 7.33. The molecular weight excluding hydrogens is 304 g/mol. The highest BCUT2D eigenvalue weighted by atomic mass is 35.5. The molecule has 1 atom stereocenters. The standard InChI is InChI=1S/C16H24N2O3.ClH/c1-17-11-13-7-8-18(12-13)16(19)14-3-5-15(6-4-14)21-10-9-20-2;/h3-6,13,17H,7-12H2,1-2H3;1H. The van der Waals surface area contributed by atoms with Gasteiger partial charge in [0.1, 0.15) is 12.4 Å². The topological polar surface area (TPSA) is 50.8 Å². The van der Waals surface area contributed by atoms with Gasteiger partial charge < -0.3 is 19.7 Å². The van der Waals surface area contributed by atoms with E-state index in [-0.39, 0.29) is 18.3 Å². The van der Waals surface area contributed by atoms with E-state index < -0.39 is 0 Å². The summed E-state index contributed by atoms with van der Waals surface area (Å²) in [6.45, 7) is 3.72. The zero-order chi connectivity index (χ0) is 15.1. The van der Waals surface area contributed by atoms with Crippen molar-refractivity contribution in [1.82, 2.24) is 10.2 Å². The molecule has 0 bridgehead atoms. The fourth-order valence-corrected chi connectivity index (χ4v) is 2.59. The average Bonchev–Trinajstić information content (AvgIpc) is 2.97. The second-order valence-corrected chi connectivity index (χ2v) is 5.33. The highest BCUT2D eigenvalue weighted by Gasteiger charge is 2.26. The number of halogens is 1. The van der Waals surface area contributed by atoms with Gasteiger partial charge in [-0.25, -0.2) is 0 Å². The van der Waals surface area contributed by atoms with Gasteiger partial charge in [-0.1, -0.05) is 0 Å². The first-order chi connectivity index (χ1) is 10.2. The summed E-state index contributed by atoms with van der Waals surface area (Å²) in [6.07, 6.45) is 1.07. The Morgan fingerprint density at radius 3 is 2.68 bits per heavy atom. The molecule has 0 aliphatic carbocycles. The Kier molecular flexibility index (Phi) is 8.24. The second kappa shape index (κ2) is 9.66. The van der Waals surface area contributed by atoms with Gasteiger partial charge in [-0.05, 0) is 50.2 Å². The molecule has 2 rings (SSSR count). The number of ether oxygens (including phenoxy) is 2. The first-order valence-electron chi connectivity index (χ1n) is 7.40. The van der Waals surface area contributed by atoms with E-state index in [1.54, 1.807) is 7.11 Å². The molecule has 1 aliphatic heterocycles. The predicted molar refractivity (Wildman–Crippen MR) is 89.0 cm³/mol. The maximum absolute atomic E-state index is 12.4. The normalized spacial score (nSPS) is 17.2. The van der Waals surface area contributed by atoms with Crippen LogP contribution < -0.4 is 10.1 Å². The lowest BCUT2D eigenvalue weighted by Crippen LogP contribution is -2.30. The van der Waals surface area contributed by atoms with Crippen molar-refractivity contribution < 1.29 is 14.3 Å². The van der Waals surface area contributed by atoms with Crippen molar-refractivity contribution in [2.75, 3.05) is 47.0 Å². The Hall–Kier alpha value is -1.30. The van der Waals surface area contributed by atoms with Crippen LogP contribution in [-0.2, 0) is 4.74 Å². The van der Waals surface area contributed by atoms with Crippen LogP contribution in [0.1, 0.15) is 16.8 Å². The van der Waals surface area contributed by atoms with Gasteiger partial charge in [0.2, 0.25) is 0 Å². The molecular formula is C16H25ClN2O3. The van der Waals surface area contributed by atoms with Crippen LogP contribution in [0.4, 0.5) is 0 Å². The average molecular weight is 329 g/mol.